The van der Waals surface area contributed by atoms with Crippen LogP contribution in [-0.4, -0.2) is 23.9 Å². The van der Waals surface area contributed by atoms with E-state index in [1.165, 1.54) is 0 Å². The number of nitrogens with zero attached hydrogens (tertiary/aromatic N) is 1. The summed E-state index contributed by atoms with van der Waals surface area (Å²) in [6, 6.07) is 20.9. The lowest BCUT2D eigenvalue weighted by Crippen LogP contribution is -2.39. The maximum absolute atomic E-state index is 12.5. The summed E-state index contributed by atoms with van der Waals surface area (Å²) >= 11 is 0. The lowest BCUT2D eigenvalue weighted by molar-refractivity contribution is -0.120. The Balaban J connectivity index is 1.50. The number of furan rings is 1. The van der Waals surface area contributed by atoms with E-state index < -0.39 is 0 Å². The molecule has 0 unspecified atom stereocenters. The Morgan fingerprint density at radius 1 is 1.07 bits per heavy atom. The monoisotopic (exact) mass is 364 g/mol. The second-order valence-electron chi connectivity index (χ2n) is 6.46. The van der Waals surface area contributed by atoms with Gasteiger partial charge in [0, 0.05) is 5.69 Å². The number of ether oxygens (including phenoxy) is 1. The van der Waals surface area contributed by atoms with Crippen molar-refractivity contribution >= 4 is 11.6 Å². The maximum Gasteiger partial charge on any atom is 0.241 e. The van der Waals surface area contributed by atoms with Crippen LogP contribution in [0.4, 0.5) is 5.69 Å². The molecule has 3 rings (SSSR count). The fraction of sp³-hybridized carbons (Fsp3) is 0.227. The number of carbonyl (C=O) groups is 1. The molecule has 1 atom stereocenters. The second kappa shape index (κ2) is 9.05. The van der Waals surface area contributed by atoms with Crippen molar-refractivity contribution in [1.29, 1.82) is 0 Å². The third kappa shape index (κ3) is 5.46. The third-order valence-corrected chi connectivity index (χ3v) is 4.40. The van der Waals surface area contributed by atoms with Gasteiger partial charge in [-0.15, -0.1) is 0 Å². The minimum Gasteiger partial charge on any atom is -0.489 e. The van der Waals surface area contributed by atoms with Crippen molar-refractivity contribution in [2.75, 3.05) is 12.4 Å². The molecule has 0 aliphatic heterocycles. The van der Waals surface area contributed by atoms with E-state index in [0.29, 0.717) is 13.2 Å². The van der Waals surface area contributed by atoms with Crippen LogP contribution in [0.5, 0.6) is 5.75 Å². The van der Waals surface area contributed by atoms with E-state index in [-0.39, 0.29) is 11.9 Å². The fourth-order valence-electron chi connectivity index (χ4n) is 2.61. The number of likely N-dealkylation sites (N-methyl/N-ethyl adjacent to an activating group) is 1. The molecule has 0 radical (unpaired) electrons. The summed E-state index contributed by atoms with van der Waals surface area (Å²) in [5.74, 6) is 1.53. The van der Waals surface area contributed by atoms with Crippen LogP contribution in [0, 0.1) is 0 Å². The fourth-order valence-corrected chi connectivity index (χ4v) is 2.61. The highest BCUT2D eigenvalue weighted by atomic mass is 16.5. The maximum atomic E-state index is 12.5. The van der Waals surface area contributed by atoms with Gasteiger partial charge in [0.25, 0.3) is 0 Å². The van der Waals surface area contributed by atoms with E-state index in [1.54, 1.807) is 6.26 Å². The van der Waals surface area contributed by atoms with Crippen LogP contribution in [0.1, 0.15) is 18.2 Å². The molecular weight excluding hydrogens is 340 g/mol. The molecular formula is C22H24N2O3. The molecule has 0 bridgehead atoms. The van der Waals surface area contributed by atoms with Gasteiger partial charge in [0.05, 0.1) is 18.8 Å². The summed E-state index contributed by atoms with van der Waals surface area (Å²) in [5, 5.41) is 2.94. The quantitative estimate of drug-likeness (QED) is 0.647. The van der Waals surface area contributed by atoms with Crippen LogP contribution in [0.2, 0.25) is 0 Å². The SMILES string of the molecule is C[C@@H](C(=O)Nc1ccc(OCc2ccccc2)cc1)N(C)Cc1ccco1. The van der Waals surface area contributed by atoms with E-state index in [0.717, 1.165) is 22.8 Å². The van der Waals surface area contributed by atoms with Crippen molar-refractivity contribution in [1.82, 2.24) is 4.90 Å². The number of anilines is 1. The number of benzene rings is 2. The topological polar surface area (TPSA) is 54.7 Å². The van der Waals surface area contributed by atoms with Gasteiger partial charge in [-0.2, -0.15) is 0 Å². The van der Waals surface area contributed by atoms with E-state index in [2.05, 4.69) is 5.32 Å². The first-order valence-electron chi connectivity index (χ1n) is 8.92. The number of hydrogen-bond donors (Lipinski definition) is 1. The van der Waals surface area contributed by atoms with E-state index in [9.17, 15) is 4.79 Å². The Bertz CT molecular complexity index is 830. The first kappa shape index (κ1) is 18.7. The summed E-state index contributed by atoms with van der Waals surface area (Å²) < 4.78 is 11.1. The van der Waals surface area contributed by atoms with Crippen molar-refractivity contribution < 1.29 is 13.9 Å². The van der Waals surface area contributed by atoms with Gasteiger partial charge in [-0.1, -0.05) is 30.3 Å². The summed E-state index contributed by atoms with van der Waals surface area (Å²) in [6.45, 7) is 2.96. The van der Waals surface area contributed by atoms with Crippen molar-refractivity contribution in [3.63, 3.8) is 0 Å². The lowest BCUT2D eigenvalue weighted by Gasteiger charge is -2.22. The van der Waals surface area contributed by atoms with Gasteiger partial charge in [0.15, 0.2) is 0 Å². The van der Waals surface area contributed by atoms with Crippen molar-refractivity contribution in [3.05, 3.63) is 84.3 Å². The second-order valence-corrected chi connectivity index (χ2v) is 6.46. The number of carbonyl (C=O) groups excluding carboxylic acids is 1. The third-order valence-electron chi connectivity index (χ3n) is 4.40. The highest BCUT2D eigenvalue weighted by molar-refractivity contribution is 5.94. The zero-order valence-electron chi connectivity index (χ0n) is 15.6. The molecule has 0 spiro atoms. The molecule has 0 fully saturated rings. The molecule has 27 heavy (non-hydrogen) atoms. The van der Waals surface area contributed by atoms with Crippen LogP contribution in [0.25, 0.3) is 0 Å². The van der Waals surface area contributed by atoms with Crippen LogP contribution < -0.4 is 10.1 Å². The van der Waals surface area contributed by atoms with Gasteiger partial charge in [-0.3, -0.25) is 9.69 Å². The average molecular weight is 364 g/mol. The minimum atomic E-state index is -0.288. The zero-order valence-corrected chi connectivity index (χ0v) is 15.6. The van der Waals surface area contributed by atoms with Gasteiger partial charge in [-0.05, 0) is 55.9 Å². The predicted octanol–water partition coefficient (Wildman–Crippen LogP) is 4.32. The van der Waals surface area contributed by atoms with E-state index in [4.69, 9.17) is 9.15 Å². The molecule has 0 aliphatic rings. The number of amides is 1. The average Bonchev–Trinajstić information content (AvgIpc) is 3.20. The molecule has 1 heterocycles. The number of rotatable bonds is 8. The Kier molecular flexibility index (Phi) is 6.28. The molecule has 140 valence electrons. The standard InChI is InChI=1S/C22H24N2O3/c1-17(24(2)15-21-9-6-14-26-21)22(25)23-19-10-12-20(13-11-19)27-16-18-7-4-3-5-8-18/h3-14,17H,15-16H2,1-2H3,(H,23,25)/t17-/m0/s1. The Morgan fingerprint density at radius 3 is 2.48 bits per heavy atom. The molecule has 0 aliphatic carbocycles. The Labute approximate surface area is 159 Å². The van der Waals surface area contributed by atoms with Crippen molar-refractivity contribution in [2.24, 2.45) is 0 Å². The lowest BCUT2D eigenvalue weighted by atomic mass is 10.2. The first-order chi connectivity index (χ1) is 13.1. The smallest absolute Gasteiger partial charge is 0.241 e. The van der Waals surface area contributed by atoms with Crippen molar-refractivity contribution in [3.8, 4) is 5.75 Å². The first-order valence-corrected chi connectivity index (χ1v) is 8.92. The number of nitrogens with one attached hydrogen (secondary N) is 1. The van der Waals surface area contributed by atoms with E-state index >= 15 is 0 Å². The highest BCUT2D eigenvalue weighted by Gasteiger charge is 2.19. The van der Waals surface area contributed by atoms with Gasteiger partial charge in [0.1, 0.15) is 18.1 Å². The zero-order chi connectivity index (χ0) is 19.1. The summed E-state index contributed by atoms with van der Waals surface area (Å²) in [7, 11) is 1.90. The van der Waals surface area contributed by atoms with Crippen LogP contribution in [0.3, 0.4) is 0 Å². The number of hydrogen-bond acceptors (Lipinski definition) is 4. The van der Waals surface area contributed by atoms with E-state index in [1.807, 2.05) is 85.6 Å². The Hall–Kier alpha value is -3.05. The van der Waals surface area contributed by atoms with Gasteiger partial charge < -0.3 is 14.5 Å². The van der Waals surface area contributed by atoms with Gasteiger partial charge in [-0.25, -0.2) is 0 Å². The molecule has 1 aromatic heterocycles. The van der Waals surface area contributed by atoms with Gasteiger partial charge in [0.2, 0.25) is 5.91 Å². The molecule has 2 aromatic carbocycles. The highest BCUT2D eigenvalue weighted by Crippen LogP contribution is 2.18. The van der Waals surface area contributed by atoms with Crippen molar-refractivity contribution in [2.45, 2.75) is 26.1 Å². The van der Waals surface area contributed by atoms with Crippen LogP contribution in [-0.2, 0) is 17.9 Å². The van der Waals surface area contributed by atoms with Crippen LogP contribution in [0.15, 0.2) is 77.4 Å². The van der Waals surface area contributed by atoms with Gasteiger partial charge >= 0.3 is 0 Å². The molecule has 1 N–H and O–H groups in total. The Morgan fingerprint density at radius 2 is 1.81 bits per heavy atom. The predicted molar refractivity (Wildman–Crippen MR) is 105 cm³/mol. The molecule has 5 nitrogen and oxygen atoms in total. The molecule has 1 amide bonds. The molecule has 3 aromatic rings. The summed E-state index contributed by atoms with van der Waals surface area (Å²) in [6.07, 6.45) is 1.63. The summed E-state index contributed by atoms with van der Waals surface area (Å²) in [5.41, 5.74) is 1.86. The largest absolute Gasteiger partial charge is 0.489 e. The minimum absolute atomic E-state index is 0.0676. The summed E-state index contributed by atoms with van der Waals surface area (Å²) in [4.78, 5) is 14.4. The molecule has 5 heteroatoms. The van der Waals surface area contributed by atoms with Crippen LogP contribution >= 0.6 is 0 Å². The molecule has 0 saturated heterocycles. The normalized spacial score (nSPS) is 12.0. The molecule has 0 saturated carbocycles.